The molecule has 1 fully saturated rings. The van der Waals surface area contributed by atoms with Crippen molar-refractivity contribution in [3.05, 3.63) is 0 Å². The van der Waals surface area contributed by atoms with Gasteiger partial charge in [-0.1, -0.05) is 0 Å². The summed E-state index contributed by atoms with van der Waals surface area (Å²) < 4.78 is 4.19. The van der Waals surface area contributed by atoms with Gasteiger partial charge in [0.25, 0.3) is 0 Å². The maximum Gasteiger partial charge on any atom is 1.00 e. The third kappa shape index (κ3) is 6.15. The SMILES string of the molecule is O=C([O-])CC1(C(=O)[O-])OC1C(=O)[O-].[K+].[K+].[K+]. The standard InChI is InChI=1S/C6H6O7.3K/c7-2(8)1-6(5(11)12)3(13-6)4(9)10;;;/h3H,1H2,(H,7,8)(H,9,10)(H,11,12);;;/q;3*+1/p-3. The van der Waals surface area contributed by atoms with Crippen LogP contribution in [-0.2, 0) is 19.1 Å². The van der Waals surface area contributed by atoms with Crippen LogP contribution in [0.25, 0.3) is 0 Å². The minimum Gasteiger partial charge on any atom is -0.550 e. The predicted molar refractivity (Wildman–Crippen MR) is 27.2 cm³/mol. The van der Waals surface area contributed by atoms with Crippen molar-refractivity contribution in [3.8, 4) is 0 Å². The van der Waals surface area contributed by atoms with Crippen LogP contribution in [-0.4, -0.2) is 29.6 Å². The number of epoxide rings is 1. The second kappa shape index (κ2) is 10.1. The molecule has 1 aliphatic rings. The summed E-state index contributed by atoms with van der Waals surface area (Å²) in [6.07, 6.45) is -2.83. The molecule has 2 unspecified atom stereocenters. The van der Waals surface area contributed by atoms with Crippen molar-refractivity contribution in [2.24, 2.45) is 0 Å². The van der Waals surface area contributed by atoms with Gasteiger partial charge < -0.3 is 34.4 Å². The van der Waals surface area contributed by atoms with Gasteiger partial charge in [-0.25, -0.2) is 0 Å². The molecule has 7 nitrogen and oxygen atoms in total. The van der Waals surface area contributed by atoms with Gasteiger partial charge in [-0.15, -0.1) is 0 Å². The Bertz CT molecular complexity index is 294. The van der Waals surface area contributed by atoms with E-state index >= 15 is 0 Å². The summed E-state index contributed by atoms with van der Waals surface area (Å²) in [5.74, 6) is -5.41. The molecule has 0 saturated carbocycles. The molecule has 0 radical (unpaired) electrons. The van der Waals surface area contributed by atoms with E-state index in [0.29, 0.717) is 0 Å². The molecule has 0 N–H and O–H groups in total. The topological polar surface area (TPSA) is 133 Å². The molecule has 0 aromatic carbocycles. The van der Waals surface area contributed by atoms with Crippen molar-refractivity contribution < 1.29 is 189 Å². The first-order valence-electron chi connectivity index (χ1n) is 3.20. The number of hydrogen-bond acceptors (Lipinski definition) is 7. The summed E-state index contributed by atoms with van der Waals surface area (Å²) in [5.41, 5.74) is -2.31. The van der Waals surface area contributed by atoms with Crippen LogP contribution in [0.1, 0.15) is 6.42 Å². The van der Waals surface area contributed by atoms with Gasteiger partial charge in [0, 0.05) is 12.4 Å². The zero-order valence-electron chi connectivity index (χ0n) is 9.14. The average molecular weight is 304 g/mol. The second-order valence-corrected chi connectivity index (χ2v) is 2.54. The van der Waals surface area contributed by atoms with Crippen molar-refractivity contribution >= 4 is 17.9 Å². The molecule has 1 heterocycles. The molecule has 0 spiro atoms. The van der Waals surface area contributed by atoms with Crippen LogP contribution in [0.4, 0.5) is 0 Å². The largest absolute Gasteiger partial charge is 1.00 e. The van der Waals surface area contributed by atoms with E-state index in [4.69, 9.17) is 0 Å². The summed E-state index contributed by atoms with van der Waals surface area (Å²) in [7, 11) is 0. The molecule has 0 aliphatic carbocycles. The third-order valence-electron chi connectivity index (χ3n) is 1.66. The number of hydrogen-bond donors (Lipinski definition) is 0. The first kappa shape index (κ1) is 24.3. The van der Waals surface area contributed by atoms with E-state index in [1.165, 1.54) is 0 Å². The fourth-order valence-corrected chi connectivity index (χ4v) is 0.991. The molecule has 0 bridgehead atoms. The van der Waals surface area contributed by atoms with Crippen LogP contribution >= 0.6 is 0 Å². The fraction of sp³-hybridized carbons (Fsp3) is 0.500. The number of carboxylic acid groups (broad SMARTS) is 3. The average Bonchev–Trinajstić information content (AvgIpc) is 2.62. The quantitative estimate of drug-likeness (QED) is 0.372. The number of aliphatic carboxylic acids is 3. The Balaban J connectivity index is -0.000000563. The van der Waals surface area contributed by atoms with Gasteiger partial charge in [0.2, 0.25) is 0 Å². The molecule has 2 atom stereocenters. The van der Waals surface area contributed by atoms with E-state index < -0.39 is 36.0 Å². The summed E-state index contributed by atoms with van der Waals surface area (Å²) >= 11 is 0. The zero-order chi connectivity index (χ0) is 10.2. The number of carboxylic acids is 3. The Kier molecular flexibility index (Phi) is 15.3. The van der Waals surface area contributed by atoms with Crippen LogP contribution in [0.5, 0.6) is 0 Å². The maximum atomic E-state index is 10.3. The van der Waals surface area contributed by atoms with Crippen molar-refractivity contribution in [2.75, 3.05) is 0 Å². The predicted octanol–water partition coefficient (Wildman–Crippen LogP) is -14.2. The molecule has 1 saturated heterocycles. The summed E-state index contributed by atoms with van der Waals surface area (Å²) in [6.45, 7) is 0. The molecule has 10 heteroatoms. The van der Waals surface area contributed by atoms with Gasteiger partial charge in [0.15, 0.2) is 0 Å². The summed E-state index contributed by atoms with van der Waals surface area (Å²) in [4.78, 5) is 30.5. The molecule has 16 heavy (non-hydrogen) atoms. The molecule has 0 aromatic rings. The van der Waals surface area contributed by atoms with Crippen molar-refractivity contribution in [2.45, 2.75) is 18.1 Å². The van der Waals surface area contributed by atoms with E-state index in [9.17, 15) is 29.7 Å². The Labute approximate surface area is 218 Å². The van der Waals surface area contributed by atoms with Crippen LogP contribution in [0.3, 0.4) is 0 Å². The van der Waals surface area contributed by atoms with Gasteiger partial charge in [0.1, 0.15) is 11.7 Å². The summed E-state index contributed by atoms with van der Waals surface area (Å²) in [6, 6.07) is 0. The van der Waals surface area contributed by atoms with Crippen molar-refractivity contribution in [1.82, 2.24) is 0 Å². The Morgan fingerprint density at radius 1 is 1.06 bits per heavy atom. The van der Waals surface area contributed by atoms with Gasteiger partial charge in [-0.05, 0) is 0 Å². The normalized spacial score (nSPS) is 25.1. The van der Waals surface area contributed by atoms with Crippen LogP contribution < -0.4 is 169 Å². The first-order chi connectivity index (χ1) is 5.90. The first-order valence-corrected chi connectivity index (χ1v) is 3.20. The number of carbonyl (C=O) groups excluding carboxylic acids is 3. The van der Waals surface area contributed by atoms with Gasteiger partial charge in [0.05, 0.1) is 11.9 Å². The molecular weight excluding hydrogens is 301 g/mol. The van der Waals surface area contributed by atoms with Crippen LogP contribution in [0, 0.1) is 0 Å². The van der Waals surface area contributed by atoms with Crippen LogP contribution in [0.15, 0.2) is 0 Å². The van der Waals surface area contributed by atoms with Gasteiger partial charge >= 0.3 is 154 Å². The zero-order valence-corrected chi connectivity index (χ0v) is 18.5. The van der Waals surface area contributed by atoms with E-state index in [-0.39, 0.29) is 154 Å². The maximum absolute atomic E-state index is 10.3. The smallest absolute Gasteiger partial charge is 0.550 e. The minimum absolute atomic E-state index is 0. The van der Waals surface area contributed by atoms with Gasteiger partial charge in [-0.2, -0.15) is 0 Å². The number of ether oxygens (including phenoxy) is 1. The second-order valence-electron chi connectivity index (χ2n) is 2.54. The Morgan fingerprint density at radius 2 is 1.50 bits per heavy atom. The molecule has 72 valence electrons. The van der Waals surface area contributed by atoms with Gasteiger partial charge in [-0.3, -0.25) is 0 Å². The van der Waals surface area contributed by atoms with E-state index in [1.807, 2.05) is 0 Å². The number of carbonyl (C=O) groups is 3. The van der Waals surface area contributed by atoms with Crippen molar-refractivity contribution in [1.29, 1.82) is 0 Å². The molecule has 1 rings (SSSR count). The molecule has 0 amide bonds. The van der Waals surface area contributed by atoms with Crippen LogP contribution in [0.2, 0.25) is 0 Å². The van der Waals surface area contributed by atoms with E-state index in [2.05, 4.69) is 4.74 Å². The monoisotopic (exact) mass is 304 g/mol. The van der Waals surface area contributed by atoms with E-state index in [0.717, 1.165) is 0 Å². The van der Waals surface area contributed by atoms with E-state index in [1.54, 1.807) is 0 Å². The molecule has 1 aliphatic heterocycles. The molecule has 0 aromatic heterocycles. The third-order valence-corrected chi connectivity index (χ3v) is 1.66. The fourth-order valence-electron chi connectivity index (χ4n) is 0.991. The summed E-state index contributed by atoms with van der Waals surface area (Å²) in [5, 5.41) is 30.5. The van der Waals surface area contributed by atoms with Crippen molar-refractivity contribution in [3.63, 3.8) is 0 Å². The molecular formula is C6H3K3O7. The Hall–Kier alpha value is 3.28. The Morgan fingerprint density at radius 3 is 1.69 bits per heavy atom. The minimum atomic E-state index is -2.31. The number of rotatable bonds is 4.